The van der Waals surface area contributed by atoms with Crippen molar-refractivity contribution in [3.8, 4) is 11.3 Å². The first kappa shape index (κ1) is 18.0. The van der Waals surface area contributed by atoms with Crippen molar-refractivity contribution in [1.29, 1.82) is 0 Å². The minimum absolute atomic E-state index is 0.416. The number of aromatic nitrogens is 2. The molecule has 0 atom stereocenters. The van der Waals surface area contributed by atoms with Crippen LogP contribution in [0.5, 0.6) is 0 Å². The standard InChI is InChI=1S/C20H19Cl2N5/c1-26-8-9-27(15-3-4-16(21)17(22)11-15)19-6-2-13(10-14(19)12-26)18-5-7-20(23)25-24-18/h2-7,10-11H,8-9,12H2,1H3,(H2,23,25). The lowest BCUT2D eigenvalue weighted by Gasteiger charge is -2.25. The van der Waals surface area contributed by atoms with E-state index in [0.29, 0.717) is 15.9 Å². The molecule has 4 rings (SSSR count). The van der Waals surface area contributed by atoms with E-state index in [9.17, 15) is 0 Å². The quantitative estimate of drug-likeness (QED) is 0.681. The number of likely N-dealkylation sites (N-methyl/N-ethyl adjacent to an activating group) is 1. The van der Waals surface area contributed by atoms with Crippen LogP contribution in [0.3, 0.4) is 0 Å². The lowest BCUT2D eigenvalue weighted by Crippen LogP contribution is -2.26. The van der Waals surface area contributed by atoms with Crippen molar-refractivity contribution in [3.05, 3.63) is 64.1 Å². The Labute approximate surface area is 168 Å². The summed E-state index contributed by atoms with van der Waals surface area (Å²) in [5, 5.41) is 9.28. The minimum atomic E-state index is 0.416. The number of nitrogens with zero attached hydrogens (tertiary/aromatic N) is 4. The molecule has 0 aliphatic carbocycles. The highest BCUT2D eigenvalue weighted by molar-refractivity contribution is 6.42. The van der Waals surface area contributed by atoms with Gasteiger partial charge in [0.2, 0.25) is 0 Å². The van der Waals surface area contributed by atoms with Gasteiger partial charge in [0.05, 0.1) is 15.7 Å². The molecule has 1 aromatic heterocycles. The summed E-state index contributed by atoms with van der Waals surface area (Å²) in [5.41, 5.74) is 10.9. The van der Waals surface area contributed by atoms with E-state index in [1.54, 1.807) is 6.07 Å². The second-order valence-corrected chi connectivity index (χ2v) is 7.49. The van der Waals surface area contributed by atoms with Crippen LogP contribution in [0, 0.1) is 0 Å². The molecule has 0 amide bonds. The largest absolute Gasteiger partial charge is 0.382 e. The summed E-state index contributed by atoms with van der Waals surface area (Å²) >= 11 is 12.3. The van der Waals surface area contributed by atoms with Gasteiger partial charge in [-0.2, -0.15) is 0 Å². The summed E-state index contributed by atoms with van der Waals surface area (Å²) in [4.78, 5) is 4.58. The molecule has 5 nitrogen and oxygen atoms in total. The second-order valence-electron chi connectivity index (χ2n) is 6.67. The van der Waals surface area contributed by atoms with Crippen molar-refractivity contribution >= 4 is 40.4 Å². The van der Waals surface area contributed by atoms with Crippen LogP contribution in [0.1, 0.15) is 5.56 Å². The number of anilines is 3. The van der Waals surface area contributed by atoms with Crippen molar-refractivity contribution in [1.82, 2.24) is 15.1 Å². The fourth-order valence-corrected chi connectivity index (χ4v) is 3.61. The molecule has 0 spiro atoms. The van der Waals surface area contributed by atoms with Gasteiger partial charge in [-0.25, -0.2) is 0 Å². The van der Waals surface area contributed by atoms with Crippen LogP contribution in [-0.4, -0.2) is 35.2 Å². The van der Waals surface area contributed by atoms with Crippen LogP contribution in [0.25, 0.3) is 11.3 Å². The second kappa shape index (κ2) is 7.35. The monoisotopic (exact) mass is 399 g/mol. The Bertz CT molecular complexity index is 975. The molecule has 138 valence electrons. The highest BCUT2D eigenvalue weighted by Gasteiger charge is 2.20. The Balaban J connectivity index is 1.77. The molecule has 1 aliphatic rings. The van der Waals surface area contributed by atoms with Crippen LogP contribution < -0.4 is 10.6 Å². The van der Waals surface area contributed by atoms with Gasteiger partial charge in [-0.1, -0.05) is 29.3 Å². The van der Waals surface area contributed by atoms with Gasteiger partial charge in [-0.05, 0) is 55.1 Å². The van der Waals surface area contributed by atoms with E-state index in [0.717, 1.165) is 42.3 Å². The lowest BCUT2D eigenvalue weighted by atomic mass is 10.0. The van der Waals surface area contributed by atoms with Gasteiger partial charge in [0.25, 0.3) is 0 Å². The van der Waals surface area contributed by atoms with Crippen LogP contribution in [0.4, 0.5) is 17.2 Å². The normalized spacial score (nSPS) is 14.7. The average Bonchev–Trinajstić information content (AvgIpc) is 2.82. The van der Waals surface area contributed by atoms with Gasteiger partial charge in [-0.15, -0.1) is 10.2 Å². The molecule has 0 saturated heterocycles. The summed E-state index contributed by atoms with van der Waals surface area (Å²) in [5.74, 6) is 0.416. The number of nitrogen functional groups attached to an aromatic ring is 1. The Morgan fingerprint density at radius 2 is 1.78 bits per heavy atom. The SMILES string of the molecule is CN1CCN(c2ccc(Cl)c(Cl)c2)c2ccc(-c3ccc(N)nn3)cc2C1. The molecule has 2 N–H and O–H groups in total. The highest BCUT2D eigenvalue weighted by atomic mass is 35.5. The fraction of sp³-hybridized carbons (Fsp3) is 0.200. The minimum Gasteiger partial charge on any atom is -0.382 e. The molecule has 27 heavy (non-hydrogen) atoms. The predicted molar refractivity (Wildman–Crippen MR) is 112 cm³/mol. The molecule has 0 saturated carbocycles. The highest BCUT2D eigenvalue weighted by Crippen LogP contribution is 2.36. The topological polar surface area (TPSA) is 58.3 Å². The van der Waals surface area contributed by atoms with Crippen molar-refractivity contribution in [2.45, 2.75) is 6.54 Å². The Kier molecular flexibility index (Phi) is 4.91. The maximum atomic E-state index is 6.25. The third kappa shape index (κ3) is 3.72. The molecule has 1 aliphatic heterocycles. The summed E-state index contributed by atoms with van der Waals surface area (Å²) in [6.07, 6.45) is 0. The number of benzene rings is 2. The Hall–Kier alpha value is -2.34. The number of nitrogens with two attached hydrogens (primary N) is 1. The number of hydrogen-bond donors (Lipinski definition) is 1. The first-order valence-electron chi connectivity index (χ1n) is 8.65. The van der Waals surface area contributed by atoms with Gasteiger partial charge < -0.3 is 15.5 Å². The van der Waals surface area contributed by atoms with Gasteiger partial charge in [0.1, 0.15) is 5.82 Å². The van der Waals surface area contributed by atoms with Crippen molar-refractivity contribution in [3.63, 3.8) is 0 Å². The first-order chi connectivity index (χ1) is 13.0. The summed E-state index contributed by atoms with van der Waals surface area (Å²) < 4.78 is 0. The van der Waals surface area contributed by atoms with E-state index in [4.69, 9.17) is 28.9 Å². The molecule has 3 aromatic rings. The third-order valence-electron chi connectivity index (χ3n) is 4.71. The summed E-state index contributed by atoms with van der Waals surface area (Å²) in [6, 6.07) is 15.8. The molecule has 7 heteroatoms. The molecule has 0 fully saturated rings. The third-order valence-corrected chi connectivity index (χ3v) is 5.45. The van der Waals surface area contributed by atoms with Gasteiger partial charge in [0, 0.05) is 36.6 Å². The Morgan fingerprint density at radius 1 is 0.926 bits per heavy atom. The van der Waals surface area contributed by atoms with Gasteiger partial charge >= 0.3 is 0 Å². The Morgan fingerprint density at radius 3 is 2.52 bits per heavy atom. The van der Waals surface area contributed by atoms with Crippen molar-refractivity contribution < 1.29 is 0 Å². The molecule has 2 aromatic carbocycles. The summed E-state index contributed by atoms with van der Waals surface area (Å²) in [6.45, 7) is 2.65. The average molecular weight is 400 g/mol. The molecule has 0 radical (unpaired) electrons. The maximum Gasteiger partial charge on any atom is 0.146 e. The van der Waals surface area contributed by atoms with Gasteiger partial charge in [-0.3, -0.25) is 0 Å². The number of hydrogen-bond acceptors (Lipinski definition) is 5. The van der Waals surface area contributed by atoms with E-state index < -0.39 is 0 Å². The first-order valence-corrected chi connectivity index (χ1v) is 9.40. The van der Waals surface area contributed by atoms with Crippen LogP contribution in [0.15, 0.2) is 48.5 Å². The number of fused-ring (bicyclic) bond motifs is 1. The zero-order valence-corrected chi connectivity index (χ0v) is 16.4. The molecular formula is C20H19Cl2N5. The number of rotatable bonds is 2. The van der Waals surface area contributed by atoms with E-state index in [-0.39, 0.29) is 0 Å². The zero-order valence-electron chi connectivity index (χ0n) is 14.9. The molecular weight excluding hydrogens is 381 g/mol. The molecule has 0 bridgehead atoms. The predicted octanol–water partition coefficient (Wildman–Crippen LogP) is 4.62. The number of halogens is 2. The van der Waals surface area contributed by atoms with Crippen LogP contribution >= 0.6 is 23.2 Å². The van der Waals surface area contributed by atoms with E-state index >= 15 is 0 Å². The molecule has 2 heterocycles. The summed E-state index contributed by atoms with van der Waals surface area (Å²) in [7, 11) is 2.12. The van der Waals surface area contributed by atoms with Crippen molar-refractivity contribution in [2.24, 2.45) is 0 Å². The van der Waals surface area contributed by atoms with Gasteiger partial charge in [0.15, 0.2) is 0 Å². The van der Waals surface area contributed by atoms with Crippen LogP contribution in [0.2, 0.25) is 10.0 Å². The van der Waals surface area contributed by atoms with E-state index in [1.807, 2.05) is 24.3 Å². The van der Waals surface area contributed by atoms with Crippen LogP contribution in [-0.2, 0) is 6.54 Å². The van der Waals surface area contributed by atoms with E-state index in [2.05, 4.69) is 45.2 Å². The molecule has 0 unspecified atom stereocenters. The lowest BCUT2D eigenvalue weighted by molar-refractivity contribution is 0.343. The zero-order chi connectivity index (χ0) is 19.0. The maximum absolute atomic E-state index is 6.25. The van der Waals surface area contributed by atoms with E-state index in [1.165, 1.54) is 5.56 Å². The fourth-order valence-electron chi connectivity index (χ4n) is 3.31. The smallest absolute Gasteiger partial charge is 0.146 e. The van der Waals surface area contributed by atoms with Crippen molar-refractivity contribution in [2.75, 3.05) is 30.8 Å².